The summed E-state index contributed by atoms with van der Waals surface area (Å²) in [6.07, 6.45) is 39.5. The fourth-order valence-corrected chi connectivity index (χ4v) is 5.82. The number of carboxylic acids is 1. The van der Waals surface area contributed by atoms with Gasteiger partial charge in [-0.3, -0.25) is 9.59 Å². The molecule has 1 saturated heterocycles. The predicted molar refractivity (Wildman–Crippen MR) is 185 cm³/mol. The summed E-state index contributed by atoms with van der Waals surface area (Å²) in [6.45, 7) is 4.86. The Bertz CT molecular complexity index is 511. The number of carboxylic acid groups (broad SMARTS) is 1. The molecule has 43 heavy (non-hydrogen) atoms. The molecule has 0 saturated carbocycles. The van der Waals surface area contributed by atoms with Gasteiger partial charge in [-0.1, -0.05) is 161 Å². The Morgan fingerprint density at radius 1 is 0.488 bits per heavy atom. The van der Waals surface area contributed by atoms with Gasteiger partial charge >= 0.3 is 11.9 Å². The number of carbonyl (C=O) groups is 2. The molecule has 0 aromatic rings. The number of esters is 1. The summed E-state index contributed by atoms with van der Waals surface area (Å²) in [4.78, 5) is 21.6. The molecule has 0 unspecified atom stereocenters. The van der Waals surface area contributed by atoms with Gasteiger partial charge in [-0.25, -0.2) is 0 Å². The van der Waals surface area contributed by atoms with Crippen LogP contribution in [0.2, 0.25) is 0 Å². The molecule has 6 heteroatoms. The Morgan fingerprint density at radius 3 is 1.07 bits per heavy atom. The maximum Gasteiger partial charge on any atom is 0.305 e. The molecule has 258 valence electrons. The van der Waals surface area contributed by atoms with Crippen molar-refractivity contribution in [2.45, 2.75) is 206 Å². The summed E-state index contributed by atoms with van der Waals surface area (Å²) >= 11 is 0. The lowest BCUT2D eigenvalue weighted by Crippen LogP contribution is -2.16. The molecule has 0 amide bonds. The van der Waals surface area contributed by atoms with Gasteiger partial charge < -0.3 is 21.3 Å². The molecule has 0 spiro atoms. The van der Waals surface area contributed by atoms with Crippen molar-refractivity contribution in [3.8, 4) is 0 Å². The lowest BCUT2D eigenvalue weighted by Gasteiger charge is -2.04. The Morgan fingerprint density at radius 2 is 0.767 bits per heavy atom. The van der Waals surface area contributed by atoms with E-state index in [1.165, 1.54) is 174 Å². The fraction of sp³-hybridized carbons (Fsp3) is 0.946. The first kappa shape index (κ1) is 44.0. The second-order valence-corrected chi connectivity index (χ2v) is 12.7. The maximum absolute atomic E-state index is 11.2. The molecule has 5 N–H and O–H groups in total. The quantitative estimate of drug-likeness (QED) is 0.0781. The maximum atomic E-state index is 11.2. The minimum atomic E-state index is -0.663. The van der Waals surface area contributed by atoms with Crippen molar-refractivity contribution in [1.29, 1.82) is 0 Å². The summed E-state index contributed by atoms with van der Waals surface area (Å²) in [7, 11) is 0. The largest absolute Gasteiger partial charge is 0.481 e. The highest BCUT2D eigenvalue weighted by Crippen LogP contribution is 2.15. The van der Waals surface area contributed by atoms with Crippen LogP contribution in [0.25, 0.3) is 0 Å². The molecule has 0 aromatic carbocycles. The van der Waals surface area contributed by atoms with E-state index in [9.17, 15) is 9.59 Å². The van der Waals surface area contributed by atoms with Gasteiger partial charge in [0.25, 0.3) is 0 Å². The number of unbranched alkanes of at least 4 members (excludes halogenated alkanes) is 18. The third-order valence-electron chi connectivity index (χ3n) is 8.53. The topological polar surface area (TPSA) is 111 Å². The van der Waals surface area contributed by atoms with Gasteiger partial charge in [0.1, 0.15) is 0 Å². The smallest absolute Gasteiger partial charge is 0.305 e. The number of aliphatic carboxylic acids is 1. The molecule has 1 rings (SSSR count). The van der Waals surface area contributed by atoms with E-state index in [1.807, 2.05) is 6.92 Å². The zero-order chi connectivity index (χ0) is 30.6. The van der Waals surface area contributed by atoms with Gasteiger partial charge in [-0.05, 0) is 45.7 Å². The highest BCUT2D eigenvalue weighted by atomic mass is 16.5. The Hall–Kier alpha value is -1.14. The third kappa shape index (κ3) is 40.9. The Labute approximate surface area is 268 Å². The number of ether oxygens (including phenoxy) is 1. The first-order valence-electron chi connectivity index (χ1n) is 18.7. The van der Waals surface area contributed by atoms with Crippen molar-refractivity contribution in [3.63, 3.8) is 0 Å². The Kier molecular flexibility index (Phi) is 39.8. The van der Waals surface area contributed by atoms with E-state index < -0.39 is 5.97 Å². The third-order valence-corrected chi connectivity index (χ3v) is 8.53. The zero-order valence-electron chi connectivity index (χ0n) is 28.9. The molecule has 0 atom stereocenters. The molecule has 0 radical (unpaired) electrons. The molecule has 1 fully saturated rings. The van der Waals surface area contributed by atoms with Crippen molar-refractivity contribution in [3.05, 3.63) is 0 Å². The molecular weight excluding hydrogens is 536 g/mol. The molecule has 0 aromatic heterocycles. The molecule has 1 heterocycles. The van der Waals surface area contributed by atoms with Gasteiger partial charge in [-0.2, -0.15) is 0 Å². The van der Waals surface area contributed by atoms with Crippen LogP contribution in [-0.2, 0) is 14.3 Å². The standard InChI is InChI=1S/C25H48O4.C12H25N.H3N/c1-2-29-25(28)23-21-19-17-15-13-11-9-7-5-3-4-6-8-10-12-14-16-18-20-22-24(26)27;1-2-4-6-8-10-12-13-11-9-7-5-3-1;/h2-23H2,1H3,(H,26,27);13H,1-12H2;1H3. The summed E-state index contributed by atoms with van der Waals surface area (Å²) < 4.78 is 4.93. The van der Waals surface area contributed by atoms with Crippen LogP contribution in [0.1, 0.15) is 206 Å². The SMILES string of the molecule is C1CCCCCCNCCCCC1.CCOC(=O)CCCCCCCCCCCCCCCCCCCCCC(=O)O.N. The molecule has 1 aliphatic heterocycles. The van der Waals surface area contributed by atoms with Crippen LogP contribution < -0.4 is 11.5 Å². The highest BCUT2D eigenvalue weighted by Gasteiger charge is 2.01. The minimum Gasteiger partial charge on any atom is -0.481 e. The van der Waals surface area contributed by atoms with E-state index >= 15 is 0 Å². The summed E-state index contributed by atoms with van der Waals surface area (Å²) in [5.74, 6) is -0.707. The van der Waals surface area contributed by atoms with Crippen molar-refractivity contribution in [1.82, 2.24) is 11.5 Å². The van der Waals surface area contributed by atoms with Crippen molar-refractivity contribution in [2.24, 2.45) is 0 Å². The first-order chi connectivity index (χ1) is 20.7. The van der Waals surface area contributed by atoms with Gasteiger partial charge in [0.05, 0.1) is 6.61 Å². The van der Waals surface area contributed by atoms with Crippen LogP contribution in [0, 0.1) is 0 Å². The average molecular weight is 613 g/mol. The van der Waals surface area contributed by atoms with E-state index in [4.69, 9.17) is 9.84 Å². The normalized spacial score (nSPS) is 14.6. The average Bonchev–Trinajstić information content (AvgIpc) is 3.01. The van der Waals surface area contributed by atoms with Crippen molar-refractivity contribution >= 4 is 11.9 Å². The molecule has 1 aliphatic rings. The van der Waals surface area contributed by atoms with Crippen LogP contribution in [0.4, 0.5) is 0 Å². The summed E-state index contributed by atoms with van der Waals surface area (Å²) in [6, 6.07) is 0. The minimum absolute atomic E-state index is 0. The van der Waals surface area contributed by atoms with Crippen LogP contribution in [0.15, 0.2) is 0 Å². The monoisotopic (exact) mass is 613 g/mol. The van der Waals surface area contributed by atoms with Crippen LogP contribution in [0.5, 0.6) is 0 Å². The summed E-state index contributed by atoms with van der Waals surface area (Å²) in [5.41, 5.74) is 0. The molecule has 0 bridgehead atoms. The molecular formula is C37H76N2O4. The van der Waals surface area contributed by atoms with Gasteiger partial charge in [0, 0.05) is 12.8 Å². The van der Waals surface area contributed by atoms with Crippen LogP contribution in [-0.4, -0.2) is 36.7 Å². The number of rotatable bonds is 23. The predicted octanol–water partition coefficient (Wildman–Crippen LogP) is 11.5. The highest BCUT2D eigenvalue weighted by molar-refractivity contribution is 5.69. The first-order valence-corrected chi connectivity index (χ1v) is 18.7. The van der Waals surface area contributed by atoms with E-state index in [0.29, 0.717) is 19.4 Å². The fourth-order valence-electron chi connectivity index (χ4n) is 5.82. The van der Waals surface area contributed by atoms with E-state index in [2.05, 4.69) is 5.32 Å². The number of hydrogen-bond donors (Lipinski definition) is 3. The van der Waals surface area contributed by atoms with Crippen LogP contribution in [0.3, 0.4) is 0 Å². The molecule has 0 aliphatic carbocycles. The number of nitrogens with one attached hydrogen (secondary N) is 1. The molecule has 6 nitrogen and oxygen atoms in total. The second-order valence-electron chi connectivity index (χ2n) is 12.7. The Balaban J connectivity index is 0. The number of hydrogen-bond acceptors (Lipinski definition) is 5. The van der Waals surface area contributed by atoms with E-state index in [1.54, 1.807) is 0 Å². The van der Waals surface area contributed by atoms with Crippen molar-refractivity contribution < 1.29 is 19.4 Å². The number of carbonyl (C=O) groups excluding carboxylic acids is 1. The second kappa shape index (κ2) is 38.9. The van der Waals surface area contributed by atoms with Gasteiger partial charge in [0.2, 0.25) is 0 Å². The van der Waals surface area contributed by atoms with E-state index in [-0.39, 0.29) is 12.1 Å². The lowest BCUT2D eigenvalue weighted by atomic mass is 10.0. The lowest BCUT2D eigenvalue weighted by molar-refractivity contribution is -0.143. The van der Waals surface area contributed by atoms with E-state index in [0.717, 1.165) is 25.7 Å². The summed E-state index contributed by atoms with van der Waals surface area (Å²) in [5, 5.41) is 12.1. The van der Waals surface area contributed by atoms with Gasteiger partial charge in [-0.15, -0.1) is 0 Å². The zero-order valence-corrected chi connectivity index (χ0v) is 28.9. The van der Waals surface area contributed by atoms with Crippen molar-refractivity contribution in [2.75, 3.05) is 19.7 Å². The van der Waals surface area contributed by atoms with Gasteiger partial charge in [0.15, 0.2) is 0 Å². The van der Waals surface area contributed by atoms with Crippen LogP contribution >= 0.6 is 0 Å².